The van der Waals surface area contributed by atoms with Crippen LogP contribution >= 0.6 is 0 Å². The summed E-state index contributed by atoms with van der Waals surface area (Å²) in [7, 11) is 0. The summed E-state index contributed by atoms with van der Waals surface area (Å²) in [5.74, 6) is -0.355. The van der Waals surface area contributed by atoms with Gasteiger partial charge in [0.15, 0.2) is 0 Å². The van der Waals surface area contributed by atoms with Crippen molar-refractivity contribution in [2.75, 3.05) is 10.6 Å². The summed E-state index contributed by atoms with van der Waals surface area (Å²) < 4.78 is 0. The van der Waals surface area contributed by atoms with Gasteiger partial charge < -0.3 is 10.6 Å². The molecule has 3 rings (SSSR count). The van der Waals surface area contributed by atoms with E-state index in [2.05, 4.69) is 16.1 Å². The van der Waals surface area contributed by atoms with Gasteiger partial charge in [-0.1, -0.05) is 48.5 Å². The van der Waals surface area contributed by atoms with E-state index in [9.17, 15) is 9.59 Å². The van der Waals surface area contributed by atoms with Gasteiger partial charge in [0.25, 0.3) is 5.91 Å². The molecule has 3 amide bonds. The average Bonchev–Trinajstić information content (AvgIpc) is 2.70. The zero-order valence-corrected chi connectivity index (χ0v) is 14.5. The molecule has 6 nitrogen and oxygen atoms in total. The molecule has 0 fully saturated rings. The predicted octanol–water partition coefficient (Wildman–Crippen LogP) is 4.19. The molecule has 0 atom stereocenters. The molecule has 0 saturated heterocycles. The standard InChI is InChI=1S/C21H19N3O3/c25-20(24-27-15-16-7-3-1-4-8-16)17-11-13-19(14-12-17)23-21(26)22-18-9-5-2-6-10-18/h1-14H,15H2,(H,24,25)(H2,22,23,26). The third-order valence-corrected chi connectivity index (χ3v) is 3.68. The Bertz CT molecular complexity index is 882. The molecule has 0 aliphatic carbocycles. The third kappa shape index (κ3) is 5.69. The van der Waals surface area contributed by atoms with Crippen LogP contribution in [0.1, 0.15) is 15.9 Å². The Balaban J connectivity index is 1.47. The number of urea groups is 1. The lowest BCUT2D eigenvalue weighted by Crippen LogP contribution is -2.23. The van der Waals surface area contributed by atoms with E-state index in [4.69, 9.17) is 4.84 Å². The summed E-state index contributed by atoms with van der Waals surface area (Å²) in [5, 5.41) is 5.43. The number of hydrogen-bond donors (Lipinski definition) is 3. The Morgan fingerprint density at radius 2 is 1.26 bits per heavy atom. The summed E-state index contributed by atoms with van der Waals surface area (Å²) in [6, 6.07) is 24.8. The van der Waals surface area contributed by atoms with Crippen LogP contribution in [0.4, 0.5) is 16.2 Å². The van der Waals surface area contributed by atoms with E-state index in [-0.39, 0.29) is 18.5 Å². The van der Waals surface area contributed by atoms with Gasteiger partial charge in [-0.25, -0.2) is 10.3 Å². The smallest absolute Gasteiger partial charge is 0.308 e. The molecule has 0 radical (unpaired) electrons. The van der Waals surface area contributed by atoms with E-state index in [1.165, 1.54) is 0 Å². The number of carbonyl (C=O) groups excluding carboxylic acids is 2. The number of hydrogen-bond acceptors (Lipinski definition) is 3. The van der Waals surface area contributed by atoms with Crippen LogP contribution in [0.3, 0.4) is 0 Å². The van der Waals surface area contributed by atoms with Crippen LogP contribution in [-0.4, -0.2) is 11.9 Å². The van der Waals surface area contributed by atoms with Gasteiger partial charge in [-0.05, 0) is 42.0 Å². The van der Waals surface area contributed by atoms with E-state index in [1.54, 1.807) is 36.4 Å². The summed E-state index contributed by atoms with van der Waals surface area (Å²) >= 11 is 0. The highest BCUT2D eigenvalue weighted by Crippen LogP contribution is 2.11. The molecule has 3 aromatic carbocycles. The fourth-order valence-corrected chi connectivity index (χ4v) is 2.34. The zero-order valence-electron chi connectivity index (χ0n) is 14.5. The summed E-state index contributed by atoms with van der Waals surface area (Å²) in [4.78, 5) is 29.2. The molecule has 27 heavy (non-hydrogen) atoms. The number of anilines is 2. The highest BCUT2D eigenvalue weighted by atomic mass is 16.6. The maximum absolute atomic E-state index is 12.1. The van der Waals surface area contributed by atoms with Crippen LogP contribution in [-0.2, 0) is 11.4 Å². The number of amides is 3. The number of hydroxylamine groups is 1. The van der Waals surface area contributed by atoms with Crippen molar-refractivity contribution in [3.8, 4) is 0 Å². The Morgan fingerprint density at radius 1 is 0.704 bits per heavy atom. The van der Waals surface area contributed by atoms with E-state index in [1.807, 2.05) is 48.5 Å². The van der Waals surface area contributed by atoms with Crippen LogP contribution in [0.15, 0.2) is 84.9 Å². The lowest BCUT2D eigenvalue weighted by Gasteiger charge is -2.09. The normalized spacial score (nSPS) is 10.1. The van der Waals surface area contributed by atoms with Crippen molar-refractivity contribution in [3.05, 3.63) is 96.1 Å². The van der Waals surface area contributed by atoms with E-state index in [0.29, 0.717) is 16.9 Å². The highest BCUT2D eigenvalue weighted by Gasteiger charge is 2.07. The lowest BCUT2D eigenvalue weighted by molar-refractivity contribution is 0.0233. The Kier molecular flexibility index (Phi) is 6.17. The van der Waals surface area contributed by atoms with Crippen molar-refractivity contribution < 1.29 is 14.4 Å². The van der Waals surface area contributed by atoms with Crippen LogP contribution in [0.25, 0.3) is 0 Å². The number of rotatable bonds is 6. The summed E-state index contributed by atoms with van der Waals surface area (Å²) in [6.45, 7) is 0.284. The van der Waals surface area contributed by atoms with Crippen molar-refractivity contribution in [2.24, 2.45) is 0 Å². The molecule has 136 valence electrons. The van der Waals surface area contributed by atoms with E-state index >= 15 is 0 Å². The Hall–Kier alpha value is -3.64. The maximum atomic E-state index is 12.1. The molecule has 3 N–H and O–H groups in total. The lowest BCUT2D eigenvalue weighted by atomic mass is 10.2. The first-order chi connectivity index (χ1) is 13.2. The van der Waals surface area contributed by atoms with Crippen molar-refractivity contribution in [3.63, 3.8) is 0 Å². The van der Waals surface area contributed by atoms with Crippen LogP contribution in [0.2, 0.25) is 0 Å². The predicted molar refractivity (Wildman–Crippen MR) is 104 cm³/mol. The third-order valence-electron chi connectivity index (χ3n) is 3.68. The van der Waals surface area contributed by atoms with Gasteiger partial charge in [-0.2, -0.15) is 0 Å². The Labute approximate surface area is 157 Å². The zero-order chi connectivity index (χ0) is 18.9. The van der Waals surface area contributed by atoms with Crippen LogP contribution < -0.4 is 16.1 Å². The van der Waals surface area contributed by atoms with Gasteiger partial charge in [0.1, 0.15) is 0 Å². The summed E-state index contributed by atoms with van der Waals surface area (Å²) in [5.41, 5.74) is 5.06. The van der Waals surface area contributed by atoms with Crippen molar-refractivity contribution in [2.45, 2.75) is 6.61 Å². The topological polar surface area (TPSA) is 79.5 Å². The highest BCUT2D eigenvalue weighted by molar-refractivity contribution is 6.00. The van der Waals surface area contributed by atoms with Gasteiger partial charge >= 0.3 is 6.03 Å². The second kappa shape index (κ2) is 9.17. The molecule has 0 aromatic heterocycles. The van der Waals surface area contributed by atoms with Crippen molar-refractivity contribution in [1.82, 2.24) is 5.48 Å². The van der Waals surface area contributed by atoms with Crippen molar-refractivity contribution in [1.29, 1.82) is 0 Å². The fraction of sp³-hybridized carbons (Fsp3) is 0.0476. The molecule has 3 aromatic rings. The van der Waals surface area contributed by atoms with Gasteiger partial charge in [-0.3, -0.25) is 9.63 Å². The number of para-hydroxylation sites is 1. The molecular weight excluding hydrogens is 342 g/mol. The minimum Gasteiger partial charge on any atom is -0.308 e. The van der Waals surface area contributed by atoms with Gasteiger partial charge in [0, 0.05) is 16.9 Å². The molecule has 0 saturated carbocycles. The first-order valence-electron chi connectivity index (χ1n) is 8.40. The van der Waals surface area contributed by atoms with Crippen LogP contribution in [0, 0.1) is 0 Å². The minimum absolute atomic E-state index is 0.284. The first kappa shape index (κ1) is 18.2. The molecular formula is C21H19N3O3. The maximum Gasteiger partial charge on any atom is 0.323 e. The molecule has 0 heterocycles. The minimum atomic E-state index is -0.357. The number of nitrogens with one attached hydrogen (secondary N) is 3. The molecule has 0 aliphatic heterocycles. The molecule has 0 aliphatic rings. The fourth-order valence-electron chi connectivity index (χ4n) is 2.34. The molecule has 6 heteroatoms. The van der Waals surface area contributed by atoms with Gasteiger partial charge in [0.05, 0.1) is 6.61 Å². The average molecular weight is 361 g/mol. The van der Waals surface area contributed by atoms with Gasteiger partial charge in [0.2, 0.25) is 0 Å². The van der Waals surface area contributed by atoms with Crippen LogP contribution in [0.5, 0.6) is 0 Å². The van der Waals surface area contributed by atoms with Gasteiger partial charge in [-0.15, -0.1) is 0 Å². The second-order valence-corrected chi connectivity index (χ2v) is 5.73. The van der Waals surface area contributed by atoms with E-state index in [0.717, 1.165) is 5.56 Å². The van der Waals surface area contributed by atoms with E-state index < -0.39 is 0 Å². The largest absolute Gasteiger partial charge is 0.323 e. The monoisotopic (exact) mass is 361 g/mol. The quantitative estimate of drug-likeness (QED) is 0.576. The first-order valence-corrected chi connectivity index (χ1v) is 8.40. The van der Waals surface area contributed by atoms with Crippen molar-refractivity contribution >= 4 is 23.3 Å². The SMILES string of the molecule is O=C(Nc1ccccc1)Nc1ccc(C(=O)NOCc2ccccc2)cc1. The molecule has 0 bridgehead atoms. The molecule has 0 spiro atoms. The second-order valence-electron chi connectivity index (χ2n) is 5.73. The number of carbonyl (C=O) groups is 2. The number of benzene rings is 3. The summed E-state index contributed by atoms with van der Waals surface area (Å²) in [6.07, 6.45) is 0. The Morgan fingerprint density at radius 3 is 1.89 bits per heavy atom. The molecule has 0 unspecified atom stereocenters.